The van der Waals surface area contributed by atoms with E-state index in [-0.39, 0.29) is 6.61 Å². The number of nitrogens with one attached hydrogen (secondary N) is 1. The van der Waals surface area contributed by atoms with Gasteiger partial charge in [-0.1, -0.05) is 31.0 Å². The summed E-state index contributed by atoms with van der Waals surface area (Å²) in [5, 5.41) is 13.9. The molecule has 1 aromatic carbocycles. The molecule has 0 spiro atoms. The highest BCUT2D eigenvalue weighted by Gasteiger charge is 2.34. The van der Waals surface area contributed by atoms with Crippen molar-refractivity contribution in [3.63, 3.8) is 0 Å². The smallest absolute Gasteiger partial charge is 0.120 e. The molecule has 3 nitrogen and oxygen atoms in total. The second kappa shape index (κ2) is 7.30. The molecule has 0 bridgehead atoms. The summed E-state index contributed by atoms with van der Waals surface area (Å²) in [6.45, 7) is 4.10. The fraction of sp³-hybridized carbons (Fsp3) is 0.625. The fourth-order valence-electron chi connectivity index (χ4n) is 2.64. The lowest BCUT2D eigenvalue weighted by Gasteiger charge is -2.41. The van der Waals surface area contributed by atoms with Gasteiger partial charge in [0.1, 0.15) is 18.5 Å². The van der Waals surface area contributed by atoms with E-state index in [0.29, 0.717) is 22.7 Å². The lowest BCUT2D eigenvalue weighted by atomic mass is 9.67. The van der Waals surface area contributed by atoms with Crippen molar-refractivity contribution in [2.45, 2.75) is 38.7 Å². The summed E-state index contributed by atoms with van der Waals surface area (Å²) in [4.78, 5) is 0. The van der Waals surface area contributed by atoms with Crippen molar-refractivity contribution in [1.29, 1.82) is 0 Å². The Morgan fingerprint density at radius 3 is 2.85 bits per heavy atom. The summed E-state index contributed by atoms with van der Waals surface area (Å²) < 4.78 is 5.52. The van der Waals surface area contributed by atoms with Gasteiger partial charge >= 0.3 is 0 Å². The molecule has 1 aliphatic rings. The van der Waals surface area contributed by atoms with E-state index in [4.69, 9.17) is 16.3 Å². The maximum atomic E-state index is 9.92. The lowest BCUT2D eigenvalue weighted by Crippen LogP contribution is -2.42. The number of aliphatic hydroxyl groups excluding tert-OH is 1. The Morgan fingerprint density at radius 2 is 2.25 bits per heavy atom. The third-order valence-electron chi connectivity index (χ3n) is 4.28. The van der Waals surface area contributed by atoms with Gasteiger partial charge < -0.3 is 15.2 Å². The molecule has 112 valence electrons. The zero-order valence-corrected chi connectivity index (χ0v) is 12.8. The zero-order valence-electron chi connectivity index (χ0n) is 12.1. The SMILES string of the molecule is CCC1(CNCC(O)COc2cccc(Cl)c2)CCC1. The zero-order chi connectivity index (χ0) is 14.4. The number of rotatable bonds is 8. The van der Waals surface area contributed by atoms with Crippen LogP contribution in [0.2, 0.25) is 5.02 Å². The van der Waals surface area contributed by atoms with E-state index in [1.54, 1.807) is 12.1 Å². The highest BCUT2D eigenvalue weighted by Crippen LogP contribution is 2.42. The van der Waals surface area contributed by atoms with Crippen LogP contribution in [-0.4, -0.2) is 30.9 Å². The van der Waals surface area contributed by atoms with Crippen LogP contribution in [0.4, 0.5) is 0 Å². The maximum absolute atomic E-state index is 9.92. The highest BCUT2D eigenvalue weighted by atomic mass is 35.5. The van der Waals surface area contributed by atoms with Crippen molar-refractivity contribution in [2.24, 2.45) is 5.41 Å². The molecule has 4 heteroatoms. The van der Waals surface area contributed by atoms with E-state index < -0.39 is 6.10 Å². The first kappa shape index (κ1) is 15.6. The van der Waals surface area contributed by atoms with Gasteiger partial charge in [0, 0.05) is 18.1 Å². The predicted octanol–water partition coefficient (Wildman–Crippen LogP) is 3.25. The van der Waals surface area contributed by atoms with Crippen molar-refractivity contribution in [2.75, 3.05) is 19.7 Å². The van der Waals surface area contributed by atoms with Crippen LogP contribution in [0.3, 0.4) is 0 Å². The normalized spacial score (nSPS) is 18.4. The number of halogens is 1. The number of ether oxygens (including phenoxy) is 1. The Morgan fingerprint density at radius 1 is 1.45 bits per heavy atom. The van der Waals surface area contributed by atoms with E-state index >= 15 is 0 Å². The third kappa shape index (κ3) is 4.37. The summed E-state index contributed by atoms with van der Waals surface area (Å²) >= 11 is 5.88. The van der Waals surface area contributed by atoms with E-state index in [9.17, 15) is 5.11 Å². The molecule has 1 aromatic rings. The van der Waals surface area contributed by atoms with Gasteiger partial charge in [0.15, 0.2) is 0 Å². The molecule has 20 heavy (non-hydrogen) atoms. The van der Waals surface area contributed by atoms with Crippen LogP contribution >= 0.6 is 11.6 Å². The molecule has 0 heterocycles. The quantitative estimate of drug-likeness (QED) is 0.774. The Balaban J connectivity index is 1.64. The number of benzene rings is 1. The number of hydrogen-bond donors (Lipinski definition) is 2. The summed E-state index contributed by atoms with van der Waals surface area (Å²) in [6, 6.07) is 7.23. The summed E-state index contributed by atoms with van der Waals surface area (Å²) in [5.41, 5.74) is 0.480. The summed E-state index contributed by atoms with van der Waals surface area (Å²) in [6.07, 6.45) is 4.69. The molecule has 0 saturated heterocycles. The Kier molecular flexibility index (Phi) is 5.70. The van der Waals surface area contributed by atoms with Gasteiger partial charge in [-0.05, 0) is 42.9 Å². The van der Waals surface area contributed by atoms with Crippen LogP contribution in [-0.2, 0) is 0 Å². The molecule has 0 aliphatic heterocycles. The second-order valence-corrected chi connectivity index (χ2v) is 6.20. The van der Waals surface area contributed by atoms with E-state index in [1.807, 2.05) is 12.1 Å². The minimum atomic E-state index is -0.497. The molecule has 1 fully saturated rings. The maximum Gasteiger partial charge on any atom is 0.120 e. The molecular formula is C16H24ClNO2. The molecule has 1 unspecified atom stereocenters. The van der Waals surface area contributed by atoms with Crippen LogP contribution in [0.1, 0.15) is 32.6 Å². The van der Waals surface area contributed by atoms with Crippen molar-refractivity contribution in [1.82, 2.24) is 5.32 Å². The first-order valence-corrected chi connectivity index (χ1v) is 7.78. The Bertz CT molecular complexity index is 415. The topological polar surface area (TPSA) is 41.5 Å². The molecule has 0 aromatic heterocycles. The summed E-state index contributed by atoms with van der Waals surface area (Å²) in [5.74, 6) is 0.695. The monoisotopic (exact) mass is 297 g/mol. The van der Waals surface area contributed by atoms with Gasteiger partial charge in [-0.15, -0.1) is 0 Å². The van der Waals surface area contributed by atoms with Gasteiger partial charge in [-0.2, -0.15) is 0 Å². The largest absolute Gasteiger partial charge is 0.491 e. The van der Waals surface area contributed by atoms with Gasteiger partial charge in [0.05, 0.1) is 0 Å². The lowest BCUT2D eigenvalue weighted by molar-refractivity contribution is 0.0869. The van der Waals surface area contributed by atoms with Crippen LogP contribution in [0.25, 0.3) is 0 Å². The van der Waals surface area contributed by atoms with E-state index in [0.717, 1.165) is 6.54 Å². The highest BCUT2D eigenvalue weighted by molar-refractivity contribution is 6.30. The average molecular weight is 298 g/mol. The third-order valence-corrected chi connectivity index (χ3v) is 4.52. The molecule has 1 atom stereocenters. The molecule has 0 amide bonds. The average Bonchev–Trinajstić information content (AvgIpc) is 2.40. The molecule has 2 rings (SSSR count). The first-order valence-electron chi connectivity index (χ1n) is 7.41. The predicted molar refractivity (Wildman–Crippen MR) is 82.4 cm³/mol. The molecule has 0 radical (unpaired) electrons. The van der Waals surface area contributed by atoms with Crippen LogP contribution in [0.15, 0.2) is 24.3 Å². The number of aliphatic hydroxyl groups is 1. The fourth-order valence-corrected chi connectivity index (χ4v) is 2.82. The molecular weight excluding hydrogens is 274 g/mol. The van der Waals surface area contributed by atoms with Gasteiger partial charge in [-0.3, -0.25) is 0 Å². The molecule has 1 saturated carbocycles. The van der Waals surface area contributed by atoms with Gasteiger partial charge in [0.25, 0.3) is 0 Å². The minimum Gasteiger partial charge on any atom is -0.491 e. The van der Waals surface area contributed by atoms with Crippen LogP contribution in [0.5, 0.6) is 5.75 Å². The van der Waals surface area contributed by atoms with Crippen molar-refractivity contribution < 1.29 is 9.84 Å². The van der Waals surface area contributed by atoms with Crippen LogP contribution < -0.4 is 10.1 Å². The summed E-state index contributed by atoms with van der Waals surface area (Å²) in [7, 11) is 0. The van der Waals surface area contributed by atoms with Crippen molar-refractivity contribution >= 4 is 11.6 Å². The van der Waals surface area contributed by atoms with Gasteiger partial charge in [-0.25, -0.2) is 0 Å². The van der Waals surface area contributed by atoms with Crippen molar-refractivity contribution in [3.05, 3.63) is 29.3 Å². The Hall–Kier alpha value is -0.770. The van der Waals surface area contributed by atoms with Gasteiger partial charge in [0.2, 0.25) is 0 Å². The second-order valence-electron chi connectivity index (χ2n) is 5.76. The van der Waals surface area contributed by atoms with Crippen LogP contribution in [0, 0.1) is 5.41 Å². The minimum absolute atomic E-state index is 0.284. The number of hydrogen-bond acceptors (Lipinski definition) is 3. The molecule has 1 aliphatic carbocycles. The Labute approximate surface area is 126 Å². The molecule has 2 N–H and O–H groups in total. The van der Waals surface area contributed by atoms with E-state index in [1.165, 1.54) is 25.7 Å². The standard InChI is InChI=1S/C16H24ClNO2/c1-2-16(7-4-8-16)12-18-10-14(19)11-20-15-6-3-5-13(17)9-15/h3,5-6,9,14,18-19H,2,4,7-8,10-12H2,1H3. The van der Waals surface area contributed by atoms with E-state index in [2.05, 4.69) is 12.2 Å². The van der Waals surface area contributed by atoms with Crippen molar-refractivity contribution in [3.8, 4) is 5.75 Å². The first-order chi connectivity index (χ1) is 9.63.